The zero-order valence-electron chi connectivity index (χ0n) is 12.2. The number of nitrogens with one attached hydrogen (secondary N) is 2. The Morgan fingerprint density at radius 3 is 2.73 bits per heavy atom. The smallest absolute Gasteiger partial charge is 0.228 e. The van der Waals surface area contributed by atoms with E-state index < -0.39 is 0 Å². The molecule has 0 aromatic heterocycles. The van der Waals surface area contributed by atoms with Gasteiger partial charge in [0, 0.05) is 25.3 Å². The first-order chi connectivity index (χ1) is 10.5. The molecule has 2 rings (SSSR count). The molecule has 0 spiro atoms. The van der Waals surface area contributed by atoms with E-state index in [1.54, 1.807) is 25.3 Å². The van der Waals surface area contributed by atoms with E-state index in [4.69, 9.17) is 27.9 Å². The van der Waals surface area contributed by atoms with Crippen LogP contribution in [0.3, 0.4) is 0 Å². The van der Waals surface area contributed by atoms with Crippen LogP contribution < -0.4 is 10.6 Å². The molecule has 0 heterocycles. The average molecular weight is 345 g/mol. The van der Waals surface area contributed by atoms with Crippen LogP contribution in [0.15, 0.2) is 18.2 Å². The molecular formula is C15H18Cl2N2O3. The molecule has 120 valence electrons. The summed E-state index contributed by atoms with van der Waals surface area (Å²) in [5, 5.41) is 6.43. The van der Waals surface area contributed by atoms with E-state index in [9.17, 15) is 9.59 Å². The van der Waals surface area contributed by atoms with Gasteiger partial charge in [0.15, 0.2) is 0 Å². The van der Waals surface area contributed by atoms with Crippen LogP contribution in [0.25, 0.3) is 0 Å². The summed E-state index contributed by atoms with van der Waals surface area (Å²) in [5.41, 5.74) is 0.463. The van der Waals surface area contributed by atoms with Crippen LogP contribution in [0, 0.1) is 11.8 Å². The van der Waals surface area contributed by atoms with Gasteiger partial charge < -0.3 is 15.4 Å². The van der Waals surface area contributed by atoms with E-state index in [2.05, 4.69) is 10.6 Å². The molecule has 1 aliphatic rings. The molecule has 2 unspecified atom stereocenters. The third-order valence-electron chi connectivity index (χ3n) is 3.47. The van der Waals surface area contributed by atoms with Crippen molar-refractivity contribution in [3.05, 3.63) is 28.2 Å². The van der Waals surface area contributed by atoms with E-state index in [0.29, 0.717) is 35.3 Å². The average Bonchev–Trinajstić information content (AvgIpc) is 3.28. The minimum absolute atomic E-state index is 0.0894. The van der Waals surface area contributed by atoms with Gasteiger partial charge in [0.25, 0.3) is 0 Å². The van der Waals surface area contributed by atoms with Gasteiger partial charge in [-0.25, -0.2) is 0 Å². The van der Waals surface area contributed by atoms with E-state index in [0.717, 1.165) is 6.42 Å². The Morgan fingerprint density at radius 1 is 1.27 bits per heavy atom. The number of hydrogen-bond acceptors (Lipinski definition) is 3. The fourth-order valence-corrected chi connectivity index (χ4v) is 2.49. The van der Waals surface area contributed by atoms with Gasteiger partial charge in [0.05, 0.1) is 22.5 Å². The maximum absolute atomic E-state index is 12.1. The first kappa shape index (κ1) is 17.1. The Kier molecular flexibility index (Phi) is 6.06. The van der Waals surface area contributed by atoms with Gasteiger partial charge >= 0.3 is 0 Å². The fraction of sp³-hybridized carbons (Fsp3) is 0.467. The van der Waals surface area contributed by atoms with Crippen LogP contribution in [0.2, 0.25) is 10.0 Å². The third-order valence-corrected chi connectivity index (χ3v) is 4.04. The number of ether oxygens (including phenoxy) is 1. The molecule has 0 aliphatic heterocycles. The number of carbonyl (C=O) groups is 2. The number of amides is 2. The molecule has 1 aliphatic carbocycles. The van der Waals surface area contributed by atoms with Gasteiger partial charge in [-0.3, -0.25) is 9.59 Å². The number of rotatable bonds is 7. The molecule has 1 saturated carbocycles. The molecule has 1 aromatic carbocycles. The number of hydrogen-bond donors (Lipinski definition) is 2. The van der Waals surface area contributed by atoms with Crippen molar-refractivity contribution in [1.29, 1.82) is 0 Å². The predicted octanol–water partition coefficient (Wildman–Crippen LogP) is 2.72. The maximum Gasteiger partial charge on any atom is 0.228 e. The van der Waals surface area contributed by atoms with Crippen molar-refractivity contribution in [3.63, 3.8) is 0 Å². The number of benzene rings is 1. The second-order valence-electron chi connectivity index (χ2n) is 5.20. The summed E-state index contributed by atoms with van der Waals surface area (Å²) < 4.78 is 4.91. The Morgan fingerprint density at radius 2 is 2.00 bits per heavy atom. The fourth-order valence-electron chi connectivity index (χ4n) is 2.15. The van der Waals surface area contributed by atoms with Gasteiger partial charge in [-0.05, 0) is 31.0 Å². The molecule has 1 aromatic rings. The summed E-state index contributed by atoms with van der Waals surface area (Å²) in [6.45, 7) is 1.15. The minimum atomic E-state index is -0.308. The highest BCUT2D eigenvalue weighted by Crippen LogP contribution is 2.40. The lowest BCUT2D eigenvalue weighted by Gasteiger charge is -2.08. The molecule has 22 heavy (non-hydrogen) atoms. The summed E-state index contributed by atoms with van der Waals surface area (Å²) in [5.74, 6) is -0.868. The van der Waals surface area contributed by atoms with Crippen LogP contribution in [-0.4, -0.2) is 32.1 Å². The number of halogens is 2. The van der Waals surface area contributed by atoms with Crippen molar-refractivity contribution < 1.29 is 14.3 Å². The molecule has 0 saturated heterocycles. The Bertz CT molecular complexity index is 566. The summed E-state index contributed by atoms with van der Waals surface area (Å²) in [6, 6.07) is 4.85. The van der Waals surface area contributed by atoms with Crippen LogP contribution in [-0.2, 0) is 14.3 Å². The second kappa shape index (κ2) is 7.81. The van der Waals surface area contributed by atoms with Crippen molar-refractivity contribution >= 4 is 40.7 Å². The Labute approximate surface area is 139 Å². The Balaban J connectivity index is 1.80. The van der Waals surface area contributed by atoms with E-state index in [1.807, 2.05) is 0 Å². The van der Waals surface area contributed by atoms with Gasteiger partial charge in [-0.2, -0.15) is 0 Å². The highest BCUT2D eigenvalue weighted by atomic mass is 35.5. The molecule has 2 atom stereocenters. The zero-order chi connectivity index (χ0) is 16.1. The number of methoxy groups -OCH3 is 1. The molecule has 2 N–H and O–H groups in total. The maximum atomic E-state index is 12.1. The van der Waals surface area contributed by atoms with Crippen LogP contribution in [0.1, 0.15) is 12.8 Å². The van der Waals surface area contributed by atoms with Crippen molar-refractivity contribution in [1.82, 2.24) is 5.32 Å². The van der Waals surface area contributed by atoms with Crippen LogP contribution in [0.5, 0.6) is 0 Å². The van der Waals surface area contributed by atoms with Crippen molar-refractivity contribution in [3.8, 4) is 0 Å². The SMILES string of the molecule is COCCCNC(=O)C1CC1C(=O)Nc1cc(Cl)ccc1Cl. The number of anilines is 1. The lowest BCUT2D eigenvalue weighted by molar-refractivity contribution is -0.125. The van der Waals surface area contributed by atoms with Gasteiger partial charge in [0.1, 0.15) is 0 Å². The normalized spacial score (nSPS) is 19.6. The monoisotopic (exact) mass is 344 g/mol. The Hall–Kier alpha value is -1.30. The van der Waals surface area contributed by atoms with E-state index >= 15 is 0 Å². The lowest BCUT2D eigenvalue weighted by Crippen LogP contribution is -2.28. The molecule has 2 amide bonds. The van der Waals surface area contributed by atoms with Crippen molar-refractivity contribution in [2.24, 2.45) is 11.8 Å². The number of carbonyl (C=O) groups excluding carboxylic acids is 2. The van der Waals surface area contributed by atoms with Gasteiger partial charge in [-0.15, -0.1) is 0 Å². The second-order valence-corrected chi connectivity index (χ2v) is 6.04. The highest BCUT2D eigenvalue weighted by molar-refractivity contribution is 6.35. The summed E-state index contributed by atoms with van der Waals surface area (Å²) in [6.07, 6.45) is 1.31. The van der Waals surface area contributed by atoms with Crippen molar-refractivity contribution in [2.75, 3.05) is 25.6 Å². The first-order valence-corrected chi connectivity index (χ1v) is 7.81. The zero-order valence-corrected chi connectivity index (χ0v) is 13.7. The predicted molar refractivity (Wildman–Crippen MR) is 86.2 cm³/mol. The van der Waals surface area contributed by atoms with Gasteiger partial charge in [0.2, 0.25) is 11.8 Å². The molecule has 0 bridgehead atoms. The topological polar surface area (TPSA) is 67.4 Å². The summed E-state index contributed by atoms with van der Waals surface area (Å²) >= 11 is 11.9. The van der Waals surface area contributed by atoms with E-state index in [1.165, 1.54) is 0 Å². The van der Waals surface area contributed by atoms with Crippen LogP contribution in [0.4, 0.5) is 5.69 Å². The van der Waals surface area contributed by atoms with Crippen molar-refractivity contribution in [2.45, 2.75) is 12.8 Å². The first-order valence-electron chi connectivity index (χ1n) is 7.05. The summed E-state index contributed by atoms with van der Waals surface area (Å²) in [7, 11) is 1.62. The highest BCUT2D eigenvalue weighted by Gasteiger charge is 2.47. The molecule has 5 nitrogen and oxygen atoms in total. The molecular weight excluding hydrogens is 327 g/mol. The quantitative estimate of drug-likeness (QED) is 0.747. The molecule has 0 radical (unpaired) electrons. The molecule has 1 fully saturated rings. The minimum Gasteiger partial charge on any atom is -0.385 e. The largest absolute Gasteiger partial charge is 0.385 e. The third kappa shape index (κ3) is 4.60. The molecule has 7 heteroatoms. The van der Waals surface area contributed by atoms with E-state index in [-0.39, 0.29) is 23.7 Å². The van der Waals surface area contributed by atoms with Gasteiger partial charge in [-0.1, -0.05) is 23.2 Å². The summed E-state index contributed by atoms with van der Waals surface area (Å²) in [4.78, 5) is 24.0. The lowest BCUT2D eigenvalue weighted by atomic mass is 10.2. The standard InChI is InChI=1S/C15H18Cl2N2O3/c1-22-6-2-5-18-14(20)10-8-11(10)15(21)19-13-7-9(16)3-4-12(13)17/h3-4,7,10-11H,2,5-6,8H2,1H3,(H,18,20)(H,19,21). The van der Waals surface area contributed by atoms with Crippen LogP contribution >= 0.6 is 23.2 Å².